The van der Waals surface area contributed by atoms with Crippen LogP contribution in [0.4, 0.5) is 0 Å². The minimum absolute atomic E-state index is 0. The van der Waals surface area contributed by atoms with Gasteiger partial charge in [-0.1, -0.05) is 0 Å². The zero-order chi connectivity index (χ0) is 6.69. The van der Waals surface area contributed by atoms with Gasteiger partial charge >= 0.3 is 71.9 Å². The van der Waals surface area contributed by atoms with Crippen LogP contribution in [0, 0.1) is 0 Å². The maximum Gasteiger partial charge on any atom is -1.00 e. The smallest absolute Gasteiger partial charge is 1.00 e. The predicted molar refractivity (Wildman–Crippen MR) is 35.7 cm³/mol. The summed E-state index contributed by atoms with van der Waals surface area (Å²) in [6.07, 6.45) is 8.37. The van der Waals surface area contributed by atoms with Crippen LogP contribution in [0.5, 0.6) is 0 Å². The molecule has 0 saturated carbocycles. The first-order valence-electron chi connectivity index (χ1n) is 3.44. The predicted octanol–water partition coefficient (Wildman–Crippen LogP) is -3.44. The maximum absolute atomic E-state index is 2.29. The first-order valence-corrected chi connectivity index (χ1v) is 4.67. The van der Waals surface area contributed by atoms with Gasteiger partial charge in [0, 0.05) is 0 Å². The molecule has 0 fully saturated rings. The van der Waals surface area contributed by atoms with Gasteiger partial charge in [0.05, 0.1) is 0 Å². The third kappa shape index (κ3) is 4.80. The molecule has 0 nitrogen and oxygen atoms in total. The molecule has 0 spiro atoms. The molecule has 0 radical (unpaired) electrons. The molecule has 0 aromatic rings. The summed E-state index contributed by atoms with van der Waals surface area (Å²) in [5, 5.41) is 0. The monoisotopic (exact) mass is 355 g/mol. The van der Waals surface area contributed by atoms with Gasteiger partial charge in [0.15, 0.2) is 0 Å². The first kappa shape index (κ1) is 14.8. The Hall–Kier alpha value is 1.32. The normalized spacial score (nSPS) is 14.5. The van der Waals surface area contributed by atoms with E-state index in [4.69, 9.17) is 0 Å². The Balaban J connectivity index is 0. The Morgan fingerprint density at radius 2 is 2.09 bits per heavy atom. The number of hydrogen-bond acceptors (Lipinski definition) is 0. The summed E-state index contributed by atoms with van der Waals surface area (Å²) < 4.78 is 1.66. The SMILES string of the molecule is CCCC1=[C]([Zr+2])CC=C1.[Br-].[Br-]. The van der Waals surface area contributed by atoms with Crippen LogP contribution in [0.1, 0.15) is 26.2 Å². The van der Waals surface area contributed by atoms with E-state index >= 15 is 0 Å². The summed E-state index contributed by atoms with van der Waals surface area (Å²) in [5.41, 5.74) is 1.61. The first-order chi connectivity index (χ1) is 4.34. The summed E-state index contributed by atoms with van der Waals surface area (Å²) in [6.45, 7) is 2.24. The molecule has 0 heterocycles. The van der Waals surface area contributed by atoms with Crippen molar-refractivity contribution in [2.75, 3.05) is 0 Å². The number of rotatable bonds is 2. The third-order valence-electron chi connectivity index (χ3n) is 1.55. The van der Waals surface area contributed by atoms with Crippen molar-refractivity contribution in [3.05, 3.63) is 21.0 Å². The van der Waals surface area contributed by atoms with E-state index in [9.17, 15) is 0 Å². The van der Waals surface area contributed by atoms with Crippen molar-refractivity contribution >= 4 is 0 Å². The number of allylic oxidation sites excluding steroid dienone is 4. The Labute approximate surface area is 105 Å². The molecule has 1 rings (SSSR count). The number of hydrogen-bond donors (Lipinski definition) is 0. The van der Waals surface area contributed by atoms with Crippen molar-refractivity contribution in [2.45, 2.75) is 26.2 Å². The van der Waals surface area contributed by atoms with Crippen LogP contribution in [0.3, 0.4) is 0 Å². The van der Waals surface area contributed by atoms with Gasteiger partial charge in [-0.3, -0.25) is 0 Å². The van der Waals surface area contributed by atoms with Gasteiger partial charge in [0.2, 0.25) is 0 Å². The van der Waals surface area contributed by atoms with Crippen LogP contribution in [0.25, 0.3) is 0 Å². The van der Waals surface area contributed by atoms with E-state index in [1.54, 1.807) is 33.6 Å². The molecule has 0 aromatic carbocycles. The van der Waals surface area contributed by atoms with Crippen molar-refractivity contribution in [1.29, 1.82) is 0 Å². The summed E-state index contributed by atoms with van der Waals surface area (Å²) in [5.74, 6) is 0. The second-order valence-corrected chi connectivity index (χ2v) is 3.84. The zero-order valence-electron chi connectivity index (χ0n) is 6.53. The van der Waals surface area contributed by atoms with Crippen molar-refractivity contribution in [3.8, 4) is 0 Å². The quantitative estimate of drug-likeness (QED) is 0.482. The Kier molecular flexibility index (Phi) is 10.7. The van der Waals surface area contributed by atoms with Crippen LogP contribution in [0.15, 0.2) is 21.0 Å². The fourth-order valence-electron chi connectivity index (χ4n) is 1.05. The summed E-state index contributed by atoms with van der Waals surface area (Å²) in [7, 11) is 0. The van der Waals surface area contributed by atoms with Crippen molar-refractivity contribution in [3.63, 3.8) is 0 Å². The van der Waals surface area contributed by atoms with E-state index in [-0.39, 0.29) is 34.0 Å². The Morgan fingerprint density at radius 3 is 2.45 bits per heavy atom. The topological polar surface area (TPSA) is 0 Å². The molecule has 1 aliphatic carbocycles. The fourth-order valence-corrected chi connectivity index (χ4v) is 1.86. The van der Waals surface area contributed by atoms with Crippen LogP contribution in [-0.4, -0.2) is 0 Å². The van der Waals surface area contributed by atoms with E-state index in [1.165, 1.54) is 19.3 Å². The van der Waals surface area contributed by atoms with Crippen LogP contribution in [-0.2, 0) is 24.7 Å². The van der Waals surface area contributed by atoms with Crippen LogP contribution >= 0.6 is 0 Å². The Morgan fingerprint density at radius 1 is 1.45 bits per heavy atom. The van der Waals surface area contributed by atoms with Gasteiger partial charge in [-0.15, -0.1) is 0 Å². The van der Waals surface area contributed by atoms with Crippen LogP contribution in [0.2, 0.25) is 0 Å². The van der Waals surface area contributed by atoms with Crippen molar-refractivity contribution in [1.82, 2.24) is 0 Å². The van der Waals surface area contributed by atoms with E-state index < -0.39 is 0 Å². The zero-order valence-corrected chi connectivity index (χ0v) is 12.2. The maximum atomic E-state index is 2.29. The van der Waals surface area contributed by atoms with Gasteiger partial charge in [-0.25, -0.2) is 0 Å². The molecular weight excluding hydrogens is 347 g/mol. The molecule has 0 aromatic heterocycles. The van der Waals surface area contributed by atoms with Crippen molar-refractivity contribution < 1.29 is 58.7 Å². The van der Waals surface area contributed by atoms with Crippen LogP contribution < -0.4 is 34.0 Å². The molecule has 0 bridgehead atoms. The van der Waals surface area contributed by atoms with Crippen molar-refractivity contribution in [2.24, 2.45) is 0 Å². The molecule has 0 unspecified atom stereocenters. The van der Waals surface area contributed by atoms with Gasteiger partial charge in [0.25, 0.3) is 0 Å². The third-order valence-corrected chi connectivity index (χ3v) is 2.84. The molecule has 3 heteroatoms. The van der Waals surface area contributed by atoms with E-state index in [1.807, 2.05) is 0 Å². The number of halogens is 2. The molecule has 1 aliphatic rings. The molecule has 61 valence electrons. The molecule has 0 N–H and O–H groups in total. The molecule has 0 aliphatic heterocycles. The minimum atomic E-state index is 0. The van der Waals surface area contributed by atoms with Gasteiger partial charge in [-0.2, -0.15) is 0 Å². The standard InChI is InChI=1S/C8H11.2BrH.Zr/c1-2-5-8-6-3-4-7-8;;;/h3,6H,2,4-5H2,1H3;2*1H;/q;;;+2/p-2. The molecule has 0 atom stereocenters. The largest absolute Gasteiger partial charge is 1.00 e. The van der Waals surface area contributed by atoms with E-state index in [0.29, 0.717) is 0 Å². The van der Waals surface area contributed by atoms with Gasteiger partial charge in [-0.05, 0) is 0 Å². The average Bonchev–Trinajstić information content (AvgIpc) is 2.18. The second-order valence-electron chi connectivity index (χ2n) is 2.36. The van der Waals surface area contributed by atoms with Gasteiger partial charge in [0.1, 0.15) is 0 Å². The second kappa shape index (κ2) is 7.95. The molecule has 0 saturated heterocycles. The molecule has 11 heavy (non-hydrogen) atoms. The fraction of sp³-hybridized carbons (Fsp3) is 0.500. The minimum Gasteiger partial charge on any atom is -1.00 e. The summed E-state index contributed by atoms with van der Waals surface area (Å²) in [4.78, 5) is 0. The van der Waals surface area contributed by atoms with E-state index in [2.05, 4.69) is 19.1 Å². The van der Waals surface area contributed by atoms with Gasteiger partial charge < -0.3 is 34.0 Å². The van der Waals surface area contributed by atoms with E-state index in [0.717, 1.165) is 0 Å². The Bertz CT molecular complexity index is 161. The average molecular weight is 358 g/mol. The molecular formula is C8H11Br2Zr. The molecule has 0 amide bonds. The summed E-state index contributed by atoms with van der Waals surface area (Å²) >= 11 is 1.61. The summed E-state index contributed by atoms with van der Waals surface area (Å²) in [6, 6.07) is 0.